The number of hydrogen-bond acceptors (Lipinski definition) is 3. The van der Waals surface area contributed by atoms with E-state index >= 15 is 0 Å². The topological polar surface area (TPSA) is 46.1 Å². The van der Waals surface area contributed by atoms with Crippen LogP contribution >= 0.6 is 24.0 Å². The summed E-state index contributed by atoms with van der Waals surface area (Å²) in [6.45, 7) is 11.4. The van der Waals surface area contributed by atoms with Gasteiger partial charge in [-0.25, -0.2) is 0 Å². The highest BCUT2D eigenvalue weighted by Crippen LogP contribution is 2.46. The molecular weight excluding hydrogens is 417 g/mol. The summed E-state index contributed by atoms with van der Waals surface area (Å²) in [4.78, 5) is 6.80. The predicted octanol–water partition coefficient (Wildman–Crippen LogP) is 3.27. The zero-order valence-electron chi connectivity index (χ0n) is 15.2. The minimum absolute atomic E-state index is 0. The Morgan fingerprint density at radius 3 is 2.54 bits per heavy atom. The molecule has 3 rings (SSSR count). The number of rotatable bonds is 3. The summed E-state index contributed by atoms with van der Waals surface area (Å²) in [5, 5.41) is 3.48. The standard InChI is InChI=1S/C18H27N3O2.HI/c1-17(2)11-21(18(17,3)4)16(19-5)20-9-8-13-6-7-14-15(10-13)23-12-22-14;/h6-7,10H,8-9,11-12H2,1-5H3,(H,19,20);1H. The van der Waals surface area contributed by atoms with Crippen LogP contribution in [-0.4, -0.2) is 43.3 Å². The maximum atomic E-state index is 5.43. The van der Waals surface area contributed by atoms with Crippen LogP contribution in [0.15, 0.2) is 23.2 Å². The first kappa shape index (κ1) is 19.1. The van der Waals surface area contributed by atoms with Crippen LogP contribution in [0.5, 0.6) is 11.5 Å². The molecule has 1 aromatic rings. The lowest BCUT2D eigenvalue weighted by Crippen LogP contribution is -2.72. The van der Waals surface area contributed by atoms with Crippen molar-refractivity contribution in [2.24, 2.45) is 10.4 Å². The van der Waals surface area contributed by atoms with Crippen LogP contribution < -0.4 is 14.8 Å². The van der Waals surface area contributed by atoms with Gasteiger partial charge in [0.15, 0.2) is 17.5 Å². The number of benzene rings is 1. The molecule has 2 aliphatic rings. The third kappa shape index (κ3) is 3.30. The number of likely N-dealkylation sites (tertiary alicyclic amines) is 1. The van der Waals surface area contributed by atoms with E-state index < -0.39 is 0 Å². The maximum absolute atomic E-state index is 5.43. The van der Waals surface area contributed by atoms with E-state index in [-0.39, 0.29) is 29.5 Å². The van der Waals surface area contributed by atoms with Gasteiger partial charge in [0, 0.05) is 31.1 Å². The van der Waals surface area contributed by atoms with Gasteiger partial charge in [-0.05, 0) is 38.0 Å². The second-order valence-corrected chi connectivity index (χ2v) is 7.44. The average molecular weight is 445 g/mol. The number of aliphatic imine (C=N–C) groups is 1. The molecule has 5 nitrogen and oxygen atoms in total. The van der Waals surface area contributed by atoms with Crippen LogP contribution in [0.1, 0.15) is 33.3 Å². The van der Waals surface area contributed by atoms with Crippen LogP contribution in [-0.2, 0) is 6.42 Å². The smallest absolute Gasteiger partial charge is 0.231 e. The minimum atomic E-state index is 0. The molecule has 2 aliphatic heterocycles. The number of hydrogen-bond donors (Lipinski definition) is 1. The molecule has 0 aliphatic carbocycles. The molecule has 1 saturated heterocycles. The Balaban J connectivity index is 0.00000208. The van der Waals surface area contributed by atoms with E-state index in [0.717, 1.165) is 37.0 Å². The number of fused-ring (bicyclic) bond motifs is 1. The lowest BCUT2D eigenvalue weighted by molar-refractivity contribution is -0.0666. The van der Waals surface area contributed by atoms with Crippen molar-refractivity contribution in [2.45, 2.75) is 39.7 Å². The van der Waals surface area contributed by atoms with Crippen molar-refractivity contribution in [1.82, 2.24) is 10.2 Å². The van der Waals surface area contributed by atoms with Crippen LogP contribution in [0.3, 0.4) is 0 Å². The molecule has 0 atom stereocenters. The average Bonchev–Trinajstić information content (AvgIpc) is 2.97. The molecule has 1 aromatic carbocycles. The molecule has 134 valence electrons. The monoisotopic (exact) mass is 445 g/mol. The first-order chi connectivity index (χ1) is 10.8. The largest absolute Gasteiger partial charge is 0.454 e. The third-order valence-corrected chi connectivity index (χ3v) is 5.49. The molecular formula is C18H28IN3O2. The summed E-state index contributed by atoms with van der Waals surface area (Å²) in [5.74, 6) is 2.66. The molecule has 0 radical (unpaired) electrons. The fourth-order valence-electron chi connectivity index (χ4n) is 3.11. The molecule has 24 heavy (non-hydrogen) atoms. The Labute approximate surface area is 161 Å². The van der Waals surface area contributed by atoms with Crippen LogP contribution in [0.2, 0.25) is 0 Å². The van der Waals surface area contributed by atoms with Gasteiger partial charge >= 0.3 is 0 Å². The molecule has 0 amide bonds. The van der Waals surface area contributed by atoms with E-state index in [1.165, 1.54) is 5.56 Å². The van der Waals surface area contributed by atoms with Crippen LogP contribution in [0, 0.1) is 5.41 Å². The minimum Gasteiger partial charge on any atom is -0.454 e. The van der Waals surface area contributed by atoms with E-state index in [1.807, 2.05) is 13.1 Å². The van der Waals surface area contributed by atoms with Crippen LogP contribution in [0.25, 0.3) is 0 Å². The Kier molecular flexibility index (Phi) is 5.57. The Bertz CT molecular complexity index is 629. The molecule has 6 heteroatoms. The van der Waals surface area contributed by atoms with Gasteiger partial charge in [-0.2, -0.15) is 0 Å². The van der Waals surface area contributed by atoms with E-state index in [9.17, 15) is 0 Å². The summed E-state index contributed by atoms with van der Waals surface area (Å²) in [7, 11) is 1.85. The number of halogens is 1. The number of guanidine groups is 1. The first-order valence-corrected chi connectivity index (χ1v) is 8.22. The van der Waals surface area contributed by atoms with E-state index in [0.29, 0.717) is 12.2 Å². The van der Waals surface area contributed by atoms with Crippen molar-refractivity contribution < 1.29 is 9.47 Å². The van der Waals surface area contributed by atoms with Gasteiger partial charge in [0.05, 0.1) is 0 Å². The normalized spacial score (nSPS) is 20.2. The van der Waals surface area contributed by atoms with Crippen molar-refractivity contribution in [3.05, 3.63) is 23.8 Å². The fourth-order valence-corrected chi connectivity index (χ4v) is 3.11. The number of nitrogens with one attached hydrogen (secondary N) is 1. The molecule has 1 N–H and O–H groups in total. The number of nitrogens with zero attached hydrogens (tertiary/aromatic N) is 2. The quantitative estimate of drug-likeness (QED) is 0.441. The molecule has 0 spiro atoms. The third-order valence-electron chi connectivity index (χ3n) is 5.49. The lowest BCUT2D eigenvalue weighted by Gasteiger charge is -2.62. The van der Waals surface area contributed by atoms with E-state index in [4.69, 9.17) is 9.47 Å². The molecule has 2 heterocycles. The van der Waals surface area contributed by atoms with Gasteiger partial charge < -0.3 is 19.7 Å². The Hall–Kier alpha value is -1.18. The fraction of sp³-hybridized carbons (Fsp3) is 0.611. The number of ether oxygens (including phenoxy) is 2. The zero-order valence-corrected chi connectivity index (χ0v) is 17.5. The molecule has 0 saturated carbocycles. The zero-order chi connectivity index (χ0) is 16.7. The molecule has 0 unspecified atom stereocenters. The van der Waals surface area contributed by atoms with Crippen LogP contribution in [0.4, 0.5) is 0 Å². The molecule has 0 aromatic heterocycles. The van der Waals surface area contributed by atoms with Gasteiger partial charge in [0.2, 0.25) is 6.79 Å². The summed E-state index contributed by atoms with van der Waals surface area (Å²) < 4.78 is 10.8. The van der Waals surface area contributed by atoms with Crippen molar-refractivity contribution >= 4 is 29.9 Å². The van der Waals surface area contributed by atoms with E-state index in [2.05, 4.69) is 55.0 Å². The summed E-state index contributed by atoms with van der Waals surface area (Å²) >= 11 is 0. The van der Waals surface area contributed by atoms with Crippen molar-refractivity contribution in [2.75, 3.05) is 26.9 Å². The summed E-state index contributed by atoms with van der Waals surface area (Å²) in [5.41, 5.74) is 1.66. The van der Waals surface area contributed by atoms with Gasteiger partial charge in [-0.15, -0.1) is 24.0 Å². The SMILES string of the molecule is CN=C(NCCc1ccc2c(c1)OCO2)N1CC(C)(C)C1(C)C.I. The van der Waals surface area contributed by atoms with Gasteiger partial charge in [-0.3, -0.25) is 4.99 Å². The summed E-state index contributed by atoms with van der Waals surface area (Å²) in [6, 6.07) is 6.13. The van der Waals surface area contributed by atoms with Crippen molar-refractivity contribution in [3.63, 3.8) is 0 Å². The first-order valence-electron chi connectivity index (χ1n) is 8.22. The second-order valence-electron chi connectivity index (χ2n) is 7.44. The Morgan fingerprint density at radius 1 is 1.21 bits per heavy atom. The van der Waals surface area contributed by atoms with Gasteiger partial charge in [0.1, 0.15) is 0 Å². The van der Waals surface area contributed by atoms with Gasteiger partial charge in [-0.1, -0.05) is 19.9 Å². The van der Waals surface area contributed by atoms with Crippen molar-refractivity contribution in [1.29, 1.82) is 0 Å². The Morgan fingerprint density at radius 2 is 1.92 bits per heavy atom. The summed E-state index contributed by atoms with van der Waals surface area (Å²) in [6.07, 6.45) is 0.924. The molecule has 1 fully saturated rings. The highest BCUT2D eigenvalue weighted by atomic mass is 127. The maximum Gasteiger partial charge on any atom is 0.231 e. The van der Waals surface area contributed by atoms with E-state index in [1.54, 1.807) is 0 Å². The van der Waals surface area contributed by atoms with Gasteiger partial charge in [0.25, 0.3) is 0 Å². The second kappa shape index (κ2) is 6.98. The molecule has 0 bridgehead atoms. The van der Waals surface area contributed by atoms with Crippen molar-refractivity contribution in [3.8, 4) is 11.5 Å². The highest BCUT2D eigenvalue weighted by molar-refractivity contribution is 14.0. The predicted molar refractivity (Wildman–Crippen MR) is 108 cm³/mol. The highest BCUT2D eigenvalue weighted by Gasteiger charge is 2.53. The lowest BCUT2D eigenvalue weighted by atomic mass is 9.65.